The molecular weight excluding hydrogens is 512 g/mol. The first kappa shape index (κ1) is 31.1. The lowest BCUT2D eigenvalue weighted by Gasteiger charge is -2.32. The summed E-state index contributed by atoms with van der Waals surface area (Å²) < 4.78 is 21.5. The van der Waals surface area contributed by atoms with Crippen LogP contribution in [-0.4, -0.2) is 79.4 Å². The van der Waals surface area contributed by atoms with E-state index in [1.807, 2.05) is 67.6 Å². The Bertz CT molecular complexity index is 1020. The first-order valence-corrected chi connectivity index (χ1v) is 14.1. The Hall–Kier alpha value is -3.43. The average Bonchev–Trinajstić information content (AvgIpc) is 3.53. The Kier molecular flexibility index (Phi) is 13.5. The van der Waals surface area contributed by atoms with Gasteiger partial charge in [0.05, 0.1) is 13.2 Å². The number of esters is 1. The molecule has 2 aromatic carbocycles. The molecule has 2 aliphatic rings. The van der Waals surface area contributed by atoms with E-state index in [2.05, 4.69) is 0 Å². The molecule has 0 bridgehead atoms. The summed E-state index contributed by atoms with van der Waals surface area (Å²) in [4.78, 5) is 41.6. The van der Waals surface area contributed by atoms with Crippen molar-refractivity contribution in [1.29, 1.82) is 0 Å². The molecule has 4 rings (SSSR count). The van der Waals surface area contributed by atoms with Crippen LogP contribution in [0.1, 0.15) is 50.7 Å². The molecule has 0 aliphatic carbocycles. The van der Waals surface area contributed by atoms with Gasteiger partial charge in [0.2, 0.25) is 5.91 Å². The molecule has 0 unspecified atom stereocenters. The summed E-state index contributed by atoms with van der Waals surface area (Å²) in [6, 6.07) is 18.1. The Morgan fingerprint density at radius 2 is 1.57 bits per heavy atom. The molecular formula is C31H42N2O7. The normalized spacial score (nSPS) is 17.9. The molecule has 2 aromatic rings. The zero-order chi connectivity index (χ0) is 28.6. The zero-order valence-electron chi connectivity index (χ0n) is 23.7. The van der Waals surface area contributed by atoms with E-state index in [0.717, 1.165) is 24.3 Å². The van der Waals surface area contributed by atoms with Gasteiger partial charge in [0.25, 0.3) is 0 Å². The highest BCUT2D eigenvalue weighted by Gasteiger charge is 2.37. The first-order chi connectivity index (χ1) is 19.5. The van der Waals surface area contributed by atoms with Crippen molar-refractivity contribution >= 4 is 18.0 Å². The second-order valence-corrected chi connectivity index (χ2v) is 9.79. The Morgan fingerprint density at radius 3 is 2.15 bits per heavy atom. The van der Waals surface area contributed by atoms with Crippen molar-refractivity contribution in [2.75, 3.05) is 39.5 Å². The Morgan fingerprint density at radius 1 is 0.950 bits per heavy atom. The second kappa shape index (κ2) is 17.3. The lowest BCUT2D eigenvalue weighted by atomic mass is 10.1. The second-order valence-electron chi connectivity index (χ2n) is 9.79. The molecule has 2 saturated heterocycles. The summed E-state index contributed by atoms with van der Waals surface area (Å²) in [5.74, 6) is -0.659. The maximum atomic E-state index is 13.0. The van der Waals surface area contributed by atoms with Gasteiger partial charge >= 0.3 is 12.1 Å². The highest BCUT2D eigenvalue weighted by atomic mass is 16.6. The highest BCUT2D eigenvalue weighted by Crippen LogP contribution is 2.19. The lowest BCUT2D eigenvalue weighted by Crippen LogP contribution is -2.50. The highest BCUT2D eigenvalue weighted by molar-refractivity contribution is 5.85. The molecule has 218 valence electrons. The van der Waals surface area contributed by atoms with Gasteiger partial charge in [0.1, 0.15) is 12.6 Å². The summed E-state index contributed by atoms with van der Waals surface area (Å²) in [5.41, 5.74) is 1.92. The molecule has 9 nitrogen and oxygen atoms in total. The van der Waals surface area contributed by atoms with Crippen LogP contribution in [0.3, 0.4) is 0 Å². The summed E-state index contributed by atoms with van der Waals surface area (Å²) in [6.45, 7) is 7.11. The zero-order valence-corrected chi connectivity index (χ0v) is 23.7. The fraction of sp³-hybridized carbons (Fsp3) is 0.516. The number of ether oxygens (including phenoxy) is 4. The number of amides is 2. The molecule has 0 spiro atoms. The molecule has 0 radical (unpaired) electrons. The lowest BCUT2D eigenvalue weighted by molar-refractivity contribution is -0.155. The topological polar surface area (TPSA) is 94.6 Å². The van der Waals surface area contributed by atoms with Gasteiger partial charge in [-0.15, -0.1) is 0 Å². The van der Waals surface area contributed by atoms with Crippen LogP contribution < -0.4 is 0 Å². The molecule has 2 fully saturated rings. The molecule has 9 heteroatoms. The van der Waals surface area contributed by atoms with Crippen LogP contribution in [0.5, 0.6) is 0 Å². The van der Waals surface area contributed by atoms with Crippen LogP contribution in [0, 0.1) is 0 Å². The third kappa shape index (κ3) is 10.3. The molecule has 2 amide bonds. The van der Waals surface area contributed by atoms with Crippen LogP contribution >= 0.6 is 0 Å². The van der Waals surface area contributed by atoms with E-state index >= 15 is 0 Å². The van der Waals surface area contributed by atoms with Crippen LogP contribution in [0.4, 0.5) is 4.79 Å². The van der Waals surface area contributed by atoms with Gasteiger partial charge in [-0.05, 0) is 37.8 Å². The third-order valence-corrected chi connectivity index (χ3v) is 6.73. The fourth-order valence-electron chi connectivity index (χ4n) is 4.55. The Balaban J connectivity index is 0.000000792. The average molecular weight is 555 g/mol. The largest absolute Gasteiger partial charge is 0.464 e. The van der Waals surface area contributed by atoms with Crippen molar-refractivity contribution in [1.82, 2.24) is 9.80 Å². The smallest absolute Gasteiger partial charge is 0.410 e. The van der Waals surface area contributed by atoms with E-state index in [4.69, 9.17) is 18.9 Å². The summed E-state index contributed by atoms with van der Waals surface area (Å²) in [6.07, 6.45) is 2.49. The minimum atomic E-state index is -0.777. The first-order valence-electron chi connectivity index (χ1n) is 14.1. The number of hydrogen-bond acceptors (Lipinski definition) is 7. The SMILES string of the molecule is C1CCOC1.CCOC(=O)[C@H](CCOCc1ccccc1)N1C[C@@H](C)N(C(=O)OCc2ccccc2)CCC1=O. The number of hydrogen-bond donors (Lipinski definition) is 0. The molecule has 2 atom stereocenters. The standard InChI is InChI=1S/C27H34N2O6.C4H8O/c1-3-34-26(31)24(15-17-33-19-22-10-6-4-7-11-22)29-18-21(2)28(16-14-25(29)30)27(32)35-20-23-12-8-5-9-13-23;1-2-4-5-3-1/h4-13,21,24H,3,14-20H2,1-2H3;1-4H2/t21-,24+;/m1./s1. The van der Waals surface area contributed by atoms with E-state index in [-0.39, 0.29) is 44.7 Å². The molecule has 2 heterocycles. The van der Waals surface area contributed by atoms with Crippen molar-refractivity contribution < 1.29 is 33.3 Å². The van der Waals surface area contributed by atoms with Gasteiger partial charge in [0, 0.05) is 51.8 Å². The van der Waals surface area contributed by atoms with Crippen molar-refractivity contribution in [2.24, 2.45) is 0 Å². The minimum Gasteiger partial charge on any atom is -0.464 e. The maximum Gasteiger partial charge on any atom is 0.410 e. The summed E-state index contributed by atoms with van der Waals surface area (Å²) >= 11 is 0. The number of benzene rings is 2. The molecule has 2 aliphatic heterocycles. The van der Waals surface area contributed by atoms with Crippen molar-refractivity contribution in [2.45, 2.75) is 64.8 Å². The molecule has 0 saturated carbocycles. The van der Waals surface area contributed by atoms with Crippen molar-refractivity contribution in [3.05, 3.63) is 71.8 Å². The fourth-order valence-corrected chi connectivity index (χ4v) is 4.55. The molecule has 40 heavy (non-hydrogen) atoms. The van der Waals surface area contributed by atoms with E-state index in [9.17, 15) is 14.4 Å². The summed E-state index contributed by atoms with van der Waals surface area (Å²) in [5, 5.41) is 0. The van der Waals surface area contributed by atoms with Gasteiger partial charge in [-0.25, -0.2) is 9.59 Å². The van der Waals surface area contributed by atoms with Crippen molar-refractivity contribution in [3.63, 3.8) is 0 Å². The van der Waals surface area contributed by atoms with Gasteiger partial charge in [0.15, 0.2) is 0 Å². The molecule has 0 aromatic heterocycles. The minimum absolute atomic E-state index is 0.103. The van der Waals surface area contributed by atoms with Crippen LogP contribution in [0.15, 0.2) is 60.7 Å². The number of nitrogens with zero attached hydrogens (tertiary/aromatic N) is 2. The monoisotopic (exact) mass is 554 g/mol. The van der Waals surface area contributed by atoms with Crippen LogP contribution in [0.25, 0.3) is 0 Å². The maximum absolute atomic E-state index is 13.0. The third-order valence-electron chi connectivity index (χ3n) is 6.73. The van der Waals surface area contributed by atoms with E-state index in [1.165, 1.54) is 17.7 Å². The molecule has 0 N–H and O–H groups in total. The van der Waals surface area contributed by atoms with Crippen molar-refractivity contribution in [3.8, 4) is 0 Å². The van der Waals surface area contributed by atoms with Crippen LogP contribution in [-0.2, 0) is 41.8 Å². The van der Waals surface area contributed by atoms with Crippen LogP contribution in [0.2, 0.25) is 0 Å². The predicted molar refractivity (Wildman–Crippen MR) is 150 cm³/mol. The van der Waals surface area contributed by atoms with E-state index < -0.39 is 18.1 Å². The summed E-state index contributed by atoms with van der Waals surface area (Å²) in [7, 11) is 0. The number of carbonyl (C=O) groups excluding carboxylic acids is 3. The van der Waals surface area contributed by atoms with Gasteiger partial charge < -0.3 is 28.7 Å². The van der Waals surface area contributed by atoms with Gasteiger partial charge in [-0.1, -0.05) is 60.7 Å². The quantitative estimate of drug-likeness (QED) is 0.313. The van der Waals surface area contributed by atoms with Gasteiger partial charge in [-0.2, -0.15) is 0 Å². The Labute approximate surface area is 237 Å². The van der Waals surface area contributed by atoms with E-state index in [1.54, 1.807) is 11.8 Å². The van der Waals surface area contributed by atoms with E-state index in [0.29, 0.717) is 19.6 Å². The number of carbonyl (C=O) groups is 3. The number of rotatable bonds is 10. The van der Waals surface area contributed by atoms with Gasteiger partial charge in [-0.3, -0.25) is 4.79 Å². The predicted octanol–water partition coefficient (Wildman–Crippen LogP) is 4.58.